The summed E-state index contributed by atoms with van der Waals surface area (Å²) < 4.78 is 18.8. The van der Waals surface area contributed by atoms with Crippen LogP contribution < -0.4 is 9.64 Å². The van der Waals surface area contributed by atoms with Gasteiger partial charge in [0.05, 0.1) is 23.8 Å². The van der Waals surface area contributed by atoms with Crippen LogP contribution in [0.4, 0.5) is 10.3 Å². The topological polar surface area (TPSA) is 64.0 Å². The van der Waals surface area contributed by atoms with Crippen molar-refractivity contribution in [2.75, 3.05) is 18.0 Å². The molecule has 1 aliphatic heterocycles. The van der Waals surface area contributed by atoms with E-state index in [2.05, 4.69) is 19.9 Å². The number of halogens is 1. The third-order valence-electron chi connectivity index (χ3n) is 3.64. The van der Waals surface area contributed by atoms with Crippen LogP contribution in [-0.2, 0) is 0 Å². The monoisotopic (exact) mass is 303 g/mol. The summed E-state index contributed by atoms with van der Waals surface area (Å²) in [5, 5.41) is 0. The molecule has 3 heterocycles. The highest BCUT2D eigenvalue weighted by Gasteiger charge is 2.23. The molecule has 3 rings (SSSR count). The molecule has 0 unspecified atom stereocenters. The molecule has 0 amide bonds. The number of rotatable bonds is 3. The van der Waals surface area contributed by atoms with Crippen LogP contribution >= 0.6 is 0 Å². The number of aryl methyl sites for hydroxylation is 2. The summed E-state index contributed by atoms with van der Waals surface area (Å²) >= 11 is 0. The molecule has 0 aromatic carbocycles. The van der Waals surface area contributed by atoms with E-state index in [0.717, 1.165) is 37.3 Å². The van der Waals surface area contributed by atoms with Gasteiger partial charge in [0.15, 0.2) is 5.82 Å². The zero-order valence-corrected chi connectivity index (χ0v) is 12.7. The molecule has 0 radical (unpaired) electrons. The van der Waals surface area contributed by atoms with Crippen molar-refractivity contribution in [3.05, 3.63) is 35.8 Å². The SMILES string of the molecule is Cc1cnc(C)c(OC2CCN(c3ncc(F)cn3)CC2)n1. The third-order valence-corrected chi connectivity index (χ3v) is 3.64. The molecule has 1 aliphatic rings. The first-order chi connectivity index (χ1) is 10.6. The zero-order valence-electron chi connectivity index (χ0n) is 12.7. The lowest BCUT2D eigenvalue weighted by molar-refractivity contribution is 0.161. The molecule has 116 valence electrons. The predicted octanol–water partition coefficient (Wildman–Crippen LogP) is 2.07. The summed E-state index contributed by atoms with van der Waals surface area (Å²) in [5.41, 5.74) is 1.65. The molecular formula is C15H18FN5O. The molecule has 22 heavy (non-hydrogen) atoms. The largest absolute Gasteiger partial charge is 0.473 e. The molecule has 0 spiro atoms. The first kappa shape index (κ1) is 14.6. The van der Waals surface area contributed by atoms with Crippen LogP contribution in [-0.4, -0.2) is 39.1 Å². The summed E-state index contributed by atoms with van der Waals surface area (Å²) in [6, 6.07) is 0. The van der Waals surface area contributed by atoms with E-state index in [9.17, 15) is 4.39 Å². The second-order valence-electron chi connectivity index (χ2n) is 5.41. The van der Waals surface area contributed by atoms with Crippen molar-refractivity contribution in [1.29, 1.82) is 0 Å². The summed E-state index contributed by atoms with van der Waals surface area (Å²) in [7, 11) is 0. The Morgan fingerprint density at radius 3 is 2.45 bits per heavy atom. The minimum Gasteiger partial charge on any atom is -0.473 e. The van der Waals surface area contributed by atoms with Gasteiger partial charge in [-0.3, -0.25) is 4.98 Å². The van der Waals surface area contributed by atoms with E-state index in [0.29, 0.717) is 11.8 Å². The maximum atomic E-state index is 12.9. The summed E-state index contributed by atoms with van der Waals surface area (Å²) in [6.45, 7) is 5.33. The molecule has 1 fully saturated rings. The fourth-order valence-corrected chi connectivity index (χ4v) is 2.43. The maximum Gasteiger partial charge on any atom is 0.235 e. The number of piperidine rings is 1. The van der Waals surface area contributed by atoms with Crippen molar-refractivity contribution in [3.8, 4) is 5.88 Å². The fraction of sp³-hybridized carbons (Fsp3) is 0.467. The normalized spacial score (nSPS) is 15.9. The van der Waals surface area contributed by atoms with Gasteiger partial charge in [-0.25, -0.2) is 19.3 Å². The van der Waals surface area contributed by atoms with Gasteiger partial charge in [0.2, 0.25) is 11.8 Å². The van der Waals surface area contributed by atoms with Crippen LogP contribution in [0.25, 0.3) is 0 Å². The minimum atomic E-state index is -0.421. The zero-order chi connectivity index (χ0) is 15.5. The van der Waals surface area contributed by atoms with Gasteiger partial charge in [-0.15, -0.1) is 0 Å². The molecule has 6 nitrogen and oxygen atoms in total. The Morgan fingerprint density at radius 1 is 1.09 bits per heavy atom. The molecule has 0 aliphatic carbocycles. The smallest absolute Gasteiger partial charge is 0.235 e. The standard InChI is InChI=1S/C15H18FN5O/c1-10-7-17-11(2)14(20-10)22-13-3-5-21(6-4-13)15-18-8-12(16)9-19-15/h7-9,13H,3-6H2,1-2H3. The summed E-state index contributed by atoms with van der Waals surface area (Å²) in [5.74, 6) is 0.748. The molecule has 1 saturated heterocycles. The van der Waals surface area contributed by atoms with Gasteiger partial charge in [0, 0.05) is 32.1 Å². The van der Waals surface area contributed by atoms with E-state index in [1.54, 1.807) is 6.20 Å². The van der Waals surface area contributed by atoms with Crippen molar-refractivity contribution in [2.45, 2.75) is 32.8 Å². The lowest BCUT2D eigenvalue weighted by Gasteiger charge is -2.31. The minimum absolute atomic E-state index is 0.103. The molecule has 0 N–H and O–H groups in total. The Balaban J connectivity index is 1.60. The lowest BCUT2D eigenvalue weighted by Crippen LogP contribution is -2.39. The highest BCUT2D eigenvalue weighted by atomic mass is 19.1. The van der Waals surface area contributed by atoms with Gasteiger partial charge in [-0.2, -0.15) is 0 Å². The van der Waals surface area contributed by atoms with Crippen LogP contribution in [0, 0.1) is 19.7 Å². The van der Waals surface area contributed by atoms with Crippen LogP contribution in [0.15, 0.2) is 18.6 Å². The van der Waals surface area contributed by atoms with Crippen molar-refractivity contribution in [1.82, 2.24) is 19.9 Å². The fourth-order valence-electron chi connectivity index (χ4n) is 2.43. The van der Waals surface area contributed by atoms with E-state index < -0.39 is 5.82 Å². The van der Waals surface area contributed by atoms with Crippen LogP contribution in [0.1, 0.15) is 24.2 Å². The van der Waals surface area contributed by atoms with Gasteiger partial charge < -0.3 is 9.64 Å². The first-order valence-electron chi connectivity index (χ1n) is 7.31. The molecule has 0 saturated carbocycles. The molecule has 0 atom stereocenters. The maximum absolute atomic E-state index is 12.9. The molecular weight excluding hydrogens is 285 g/mol. The number of hydrogen-bond acceptors (Lipinski definition) is 6. The van der Waals surface area contributed by atoms with Crippen LogP contribution in [0.2, 0.25) is 0 Å². The van der Waals surface area contributed by atoms with Crippen LogP contribution in [0.3, 0.4) is 0 Å². The van der Waals surface area contributed by atoms with Gasteiger partial charge >= 0.3 is 0 Å². The molecule has 0 bridgehead atoms. The second kappa shape index (κ2) is 6.21. The van der Waals surface area contributed by atoms with Crippen LogP contribution in [0.5, 0.6) is 5.88 Å². The van der Waals surface area contributed by atoms with Crippen molar-refractivity contribution in [2.24, 2.45) is 0 Å². The van der Waals surface area contributed by atoms with E-state index in [1.165, 1.54) is 12.4 Å². The van der Waals surface area contributed by atoms with Gasteiger partial charge in [0.25, 0.3) is 0 Å². The number of nitrogens with zero attached hydrogens (tertiary/aromatic N) is 5. The Kier molecular flexibility index (Phi) is 4.13. The van der Waals surface area contributed by atoms with E-state index in [-0.39, 0.29) is 6.10 Å². The van der Waals surface area contributed by atoms with Gasteiger partial charge in [-0.1, -0.05) is 0 Å². The van der Waals surface area contributed by atoms with Crippen molar-refractivity contribution in [3.63, 3.8) is 0 Å². The van der Waals surface area contributed by atoms with E-state index >= 15 is 0 Å². The Morgan fingerprint density at radius 2 is 1.77 bits per heavy atom. The Bertz CT molecular complexity index is 641. The van der Waals surface area contributed by atoms with Gasteiger partial charge in [0.1, 0.15) is 6.10 Å². The molecule has 7 heteroatoms. The second-order valence-corrected chi connectivity index (χ2v) is 5.41. The average Bonchev–Trinajstić information content (AvgIpc) is 2.53. The van der Waals surface area contributed by atoms with Crippen molar-refractivity contribution < 1.29 is 9.13 Å². The third kappa shape index (κ3) is 3.29. The highest BCUT2D eigenvalue weighted by Crippen LogP contribution is 2.21. The first-order valence-corrected chi connectivity index (χ1v) is 7.31. The summed E-state index contributed by atoms with van der Waals surface area (Å²) in [6.07, 6.45) is 5.90. The number of hydrogen-bond donors (Lipinski definition) is 0. The highest BCUT2D eigenvalue weighted by molar-refractivity contribution is 5.29. The van der Waals surface area contributed by atoms with E-state index in [4.69, 9.17) is 4.74 Å². The Hall–Kier alpha value is -2.31. The summed E-state index contributed by atoms with van der Waals surface area (Å²) in [4.78, 5) is 18.7. The number of ether oxygens (including phenoxy) is 1. The Labute approximate surface area is 128 Å². The number of aromatic nitrogens is 4. The quantitative estimate of drug-likeness (QED) is 0.865. The average molecular weight is 303 g/mol. The number of anilines is 1. The van der Waals surface area contributed by atoms with E-state index in [1.807, 2.05) is 18.7 Å². The van der Waals surface area contributed by atoms with Gasteiger partial charge in [-0.05, 0) is 13.8 Å². The van der Waals surface area contributed by atoms with Crippen molar-refractivity contribution >= 4 is 5.95 Å². The molecule has 2 aromatic rings. The molecule has 2 aromatic heterocycles. The lowest BCUT2D eigenvalue weighted by atomic mass is 10.1. The predicted molar refractivity (Wildman–Crippen MR) is 79.4 cm³/mol.